The first kappa shape index (κ1) is 16.0. The van der Waals surface area contributed by atoms with Crippen molar-refractivity contribution < 1.29 is 0 Å². The highest BCUT2D eigenvalue weighted by molar-refractivity contribution is 7.05. The molecule has 0 spiro atoms. The fraction of sp³-hybridized carbons (Fsp3) is 0.750. The predicted octanol–water partition coefficient (Wildman–Crippen LogP) is 4.47. The van der Waals surface area contributed by atoms with Crippen molar-refractivity contribution in [1.29, 1.82) is 0 Å². The van der Waals surface area contributed by atoms with Gasteiger partial charge in [0.15, 0.2) is 0 Å². The SMILES string of the molecule is CC(C)(C)c1nc(CCC(C)(C)c2nc(C3CC3)ns2)ns1. The molecule has 1 fully saturated rings. The Kier molecular flexibility index (Phi) is 4.10. The zero-order chi connectivity index (χ0) is 16.0. The summed E-state index contributed by atoms with van der Waals surface area (Å²) in [4.78, 5) is 9.47. The lowest BCUT2D eigenvalue weighted by Gasteiger charge is -2.20. The first-order valence-electron chi connectivity index (χ1n) is 7.93. The maximum atomic E-state index is 4.77. The van der Waals surface area contributed by atoms with Crippen LogP contribution in [0.1, 0.15) is 81.5 Å². The molecule has 6 heteroatoms. The van der Waals surface area contributed by atoms with Crippen LogP contribution in [0.15, 0.2) is 0 Å². The van der Waals surface area contributed by atoms with Gasteiger partial charge in [0.25, 0.3) is 0 Å². The second kappa shape index (κ2) is 5.64. The Bertz CT molecular complexity index is 647. The van der Waals surface area contributed by atoms with Crippen molar-refractivity contribution in [3.63, 3.8) is 0 Å². The van der Waals surface area contributed by atoms with E-state index >= 15 is 0 Å². The largest absolute Gasteiger partial charge is 0.224 e. The van der Waals surface area contributed by atoms with E-state index in [9.17, 15) is 0 Å². The summed E-state index contributed by atoms with van der Waals surface area (Å²) in [7, 11) is 0. The van der Waals surface area contributed by atoms with Crippen molar-refractivity contribution in [3.8, 4) is 0 Å². The molecule has 2 heterocycles. The van der Waals surface area contributed by atoms with Crippen LogP contribution in [0, 0.1) is 0 Å². The maximum Gasteiger partial charge on any atom is 0.145 e. The predicted molar refractivity (Wildman–Crippen MR) is 91.8 cm³/mol. The van der Waals surface area contributed by atoms with Crippen molar-refractivity contribution in [2.45, 2.75) is 77.0 Å². The van der Waals surface area contributed by atoms with Crippen LogP contribution in [0.3, 0.4) is 0 Å². The van der Waals surface area contributed by atoms with E-state index in [2.05, 4.69) is 43.4 Å². The summed E-state index contributed by atoms with van der Waals surface area (Å²) in [6.45, 7) is 11.0. The third-order valence-corrected chi connectivity index (χ3v) is 6.32. The van der Waals surface area contributed by atoms with Gasteiger partial charge in [-0.25, -0.2) is 9.97 Å². The van der Waals surface area contributed by atoms with E-state index in [-0.39, 0.29) is 10.8 Å². The first-order valence-corrected chi connectivity index (χ1v) is 9.47. The van der Waals surface area contributed by atoms with Crippen LogP contribution in [0.2, 0.25) is 0 Å². The van der Waals surface area contributed by atoms with Gasteiger partial charge in [-0.3, -0.25) is 0 Å². The van der Waals surface area contributed by atoms with Crippen LogP contribution >= 0.6 is 23.1 Å². The summed E-state index contributed by atoms with van der Waals surface area (Å²) in [6.07, 6.45) is 4.42. The van der Waals surface area contributed by atoms with Gasteiger partial charge in [0.1, 0.15) is 21.7 Å². The van der Waals surface area contributed by atoms with E-state index in [1.807, 2.05) is 0 Å². The molecule has 3 rings (SSSR count). The molecule has 0 radical (unpaired) electrons. The van der Waals surface area contributed by atoms with Crippen molar-refractivity contribution in [2.24, 2.45) is 0 Å². The summed E-state index contributed by atoms with van der Waals surface area (Å²) in [5.74, 6) is 2.67. The molecular formula is C16H24N4S2. The normalized spacial score (nSPS) is 16.2. The van der Waals surface area contributed by atoms with Gasteiger partial charge in [-0.15, -0.1) is 0 Å². The Morgan fingerprint density at radius 1 is 0.955 bits per heavy atom. The summed E-state index contributed by atoms with van der Waals surface area (Å²) < 4.78 is 9.06. The minimum absolute atomic E-state index is 0.0397. The molecule has 1 aliphatic carbocycles. The molecule has 22 heavy (non-hydrogen) atoms. The zero-order valence-corrected chi connectivity index (χ0v) is 15.6. The van der Waals surface area contributed by atoms with Crippen LogP contribution in [0.4, 0.5) is 0 Å². The standard InChI is InChI=1S/C16H24N4S2/c1-15(2,3)13-17-11(19-21-13)8-9-16(4,5)14-18-12(20-22-14)10-6-7-10/h10H,6-9H2,1-5H3. The van der Waals surface area contributed by atoms with Crippen LogP contribution < -0.4 is 0 Å². The number of aromatic nitrogens is 4. The molecule has 0 atom stereocenters. The first-order chi connectivity index (χ1) is 10.3. The Hall–Kier alpha value is -0.880. The van der Waals surface area contributed by atoms with E-state index in [1.165, 1.54) is 24.4 Å². The minimum atomic E-state index is 0.0397. The maximum absolute atomic E-state index is 4.77. The Labute approximate surface area is 140 Å². The Balaban J connectivity index is 1.64. The third kappa shape index (κ3) is 3.54. The molecule has 1 aliphatic rings. The molecule has 0 aliphatic heterocycles. The van der Waals surface area contributed by atoms with Gasteiger partial charge in [0.05, 0.1) is 0 Å². The number of rotatable bonds is 5. The molecule has 0 bridgehead atoms. The van der Waals surface area contributed by atoms with Gasteiger partial charge in [0, 0.05) is 23.2 Å². The summed E-state index contributed by atoms with van der Waals surface area (Å²) in [5.41, 5.74) is 0.127. The summed E-state index contributed by atoms with van der Waals surface area (Å²) in [5, 5.41) is 2.27. The molecule has 0 saturated heterocycles. The topological polar surface area (TPSA) is 51.6 Å². The molecule has 4 nitrogen and oxygen atoms in total. The molecular weight excluding hydrogens is 312 g/mol. The van der Waals surface area contributed by atoms with E-state index in [1.54, 1.807) is 11.5 Å². The van der Waals surface area contributed by atoms with Gasteiger partial charge in [-0.05, 0) is 42.3 Å². The van der Waals surface area contributed by atoms with Gasteiger partial charge in [0.2, 0.25) is 0 Å². The fourth-order valence-electron chi connectivity index (χ4n) is 2.21. The lowest BCUT2D eigenvalue weighted by atomic mass is 9.88. The monoisotopic (exact) mass is 336 g/mol. The second-order valence-corrected chi connectivity index (χ2v) is 9.39. The highest BCUT2D eigenvalue weighted by atomic mass is 32.1. The number of nitrogens with zero attached hydrogens (tertiary/aromatic N) is 4. The second-order valence-electron chi connectivity index (χ2n) is 7.88. The van der Waals surface area contributed by atoms with Crippen molar-refractivity contribution in [2.75, 3.05) is 0 Å². The van der Waals surface area contributed by atoms with Crippen LogP contribution in [0.5, 0.6) is 0 Å². The molecule has 0 amide bonds. The van der Waals surface area contributed by atoms with Gasteiger partial charge >= 0.3 is 0 Å². The lowest BCUT2D eigenvalue weighted by Crippen LogP contribution is -2.18. The van der Waals surface area contributed by atoms with E-state index in [0.717, 1.165) is 34.5 Å². The van der Waals surface area contributed by atoms with Crippen LogP contribution in [-0.2, 0) is 17.3 Å². The van der Waals surface area contributed by atoms with Crippen molar-refractivity contribution >= 4 is 23.1 Å². The van der Waals surface area contributed by atoms with E-state index < -0.39 is 0 Å². The zero-order valence-electron chi connectivity index (χ0n) is 14.0. The number of aryl methyl sites for hydroxylation is 1. The van der Waals surface area contributed by atoms with Gasteiger partial charge < -0.3 is 0 Å². The molecule has 0 N–H and O–H groups in total. The fourth-order valence-corrected chi connectivity index (χ4v) is 3.81. The highest BCUT2D eigenvalue weighted by Gasteiger charge is 2.31. The molecule has 0 unspecified atom stereocenters. The molecule has 1 saturated carbocycles. The Morgan fingerprint density at radius 3 is 2.23 bits per heavy atom. The number of hydrogen-bond acceptors (Lipinski definition) is 6. The van der Waals surface area contributed by atoms with E-state index in [4.69, 9.17) is 9.97 Å². The average Bonchev–Trinajstić information content (AvgIpc) is 2.97. The Morgan fingerprint density at radius 2 is 1.64 bits per heavy atom. The van der Waals surface area contributed by atoms with Crippen molar-refractivity contribution in [3.05, 3.63) is 21.7 Å². The summed E-state index contributed by atoms with van der Waals surface area (Å²) >= 11 is 3.10. The molecule has 120 valence electrons. The number of hydrogen-bond donors (Lipinski definition) is 0. The smallest absolute Gasteiger partial charge is 0.145 e. The van der Waals surface area contributed by atoms with E-state index in [0.29, 0.717) is 5.92 Å². The highest BCUT2D eigenvalue weighted by Crippen LogP contribution is 2.40. The molecule has 2 aromatic rings. The average molecular weight is 337 g/mol. The van der Waals surface area contributed by atoms with Crippen LogP contribution in [-0.4, -0.2) is 18.7 Å². The van der Waals surface area contributed by atoms with Crippen LogP contribution in [0.25, 0.3) is 0 Å². The molecule has 2 aromatic heterocycles. The van der Waals surface area contributed by atoms with Crippen molar-refractivity contribution in [1.82, 2.24) is 18.7 Å². The van der Waals surface area contributed by atoms with Gasteiger partial charge in [-0.2, -0.15) is 8.75 Å². The third-order valence-electron chi connectivity index (χ3n) is 4.05. The molecule has 0 aromatic carbocycles. The quantitative estimate of drug-likeness (QED) is 0.808. The minimum Gasteiger partial charge on any atom is -0.224 e. The summed E-state index contributed by atoms with van der Waals surface area (Å²) in [6, 6.07) is 0. The van der Waals surface area contributed by atoms with Gasteiger partial charge in [-0.1, -0.05) is 34.6 Å². The lowest BCUT2D eigenvalue weighted by molar-refractivity contribution is 0.470.